The van der Waals surface area contributed by atoms with E-state index in [4.69, 9.17) is 18.9 Å². The molecule has 0 fully saturated rings. The predicted octanol–water partition coefficient (Wildman–Crippen LogP) is 5.85. The molecule has 16 nitrogen and oxygen atoms in total. The van der Waals surface area contributed by atoms with Crippen molar-refractivity contribution in [2.75, 3.05) is 34.4 Å². The molecule has 0 radical (unpaired) electrons. The molecule has 2 N–H and O–H groups in total. The molecule has 1 heterocycles. The summed E-state index contributed by atoms with van der Waals surface area (Å²) in [7, 11) is -4.70. The van der Waals surface area contributed by atoms with Gasteiger partial charge in [-0.3, -0.25) is 0 Å². The predicted molar refractivity (Wildman–Crippen MR) is 229 cm³/mol. The lowest BCUT2D eigenvalue weighted by Crippen LogP contribution is -2.38. The van der Waals surface area contributed by atoms with Crippen LogP contribution >= 0.6 is 22.6 Å². The largest absolute Gasteiger partial charge is 0.497 e. The minimum absolute atomic E-state index is 0.00101. The third-order valence-electron chi connectivity index (χ3n) is 8.86. The van der Waals surface area contributed by atoms with E-state index in [2.05, 4.69) is 25.6 Å². The summed E-state index contributed by atoms with van der Waals surface area (Å²) in [6, 6.07) is 23.8. The number of hydrogen-bond acceptors (Lipinski definition) is 12. The lowest BCUT2D eigenvalue weighted by molar-refractivity contribution is 0.0521. The van der Waals surface area contributed by atoms with Crippen molar-refractivity contribution in [1.29, 1.82) is 0 Å². The maximum atomic E-state index is 15.5. The number of alkyl carbamates (subject to hydrolysis) is 1. The molecule has 5 rings (SSSR count). The minimum Gasteiger partial charge on any atom is -0.497 e. The number of aromatic nitrogens is 4. The third kappa shape index (κ3) is 11.9. The second kappa shape index (κ2) is 19.5. The van der Waals surface area contributed by atoms with Gasteiger partial charge in [0, 0.05) is 29.7 Å². The zero-order valence-electron chi connectivity index (χ0n) is 33.8. The number of methoxy groups -OCH3 is 3. The van der Waals surface area contributed by atoms with Gasteiger partial charge < -0.3 is 24.3 Å². The van der Waals surface area contributed by atoms with Crippen LogP contribution in [0, 0.1) is 9.49 Å². The number of hydrogen-bond donors (Lipinski definition) is 2. The number of carbonyl (C=O) groups is 1. The Hall–Kier alpha value is -4.83. The first-order valence-electron chi connectivity index (χ1n) is 18.4. The molecule has 0 unspecified atom stereocenters. The van der Waals surface area contributed by atoms with Gasteiger partial charge in [0.15, 0.2) is 5.82 Å². The summed E-state index contributed by atoms with van der Waals surface area (Å²) >= 11 is 1.97. The van der Waals surface area contributed by atoms with Crippen LogP contribution in [0.3, 0.4) is 0 Å². The smallest absolute Gasteiger partial charge is 0.407 e. The summed E-state index contributed by atoms with van der Waals surface area (Å²) in [5, 5.41) is 15.0. The lowest BCUT2D eigenvalue weighted by atomic mass is 10.2. The van der Waals surface area contributed by atoms with E-state index in [0.717, 1.165) is 5.56 Å². The van der Waals surface area contributed by atoms with E-state index in [-0.39, 0.29) is 44.1 Å². The van der Waals surface area contributed by atoms with Gasteiger partial charge in [0.05, 0.1) is 33.4 Å². The molecule has 5 aromatic rings. The molecule has 0 spiro atoms. The highest BCUT2D eigenvalue weighted by Crippen LogP contribution is 2.38. The van der Waals surface area contributed by atoms with Crippen molar-refractivity contribution in [3.63, 3.8) is 0 Å². The average Bonchev–Trinajstić information content (AvgIpc) is 3.66. The van der Waals surface area contributed by atoms with Crippen LogP contribution in [0.5, 0.6) is 17.2 Å². The van der Waals surface area contributed by atoms with E-state index in [0.29, 0.717) is 31.9 Å². The molecule has 0 bridgehead atoms. The summed E-state index contributed by atoms with van der Waals surface area (Å²) in [5.41, 5.74) is 1.30. The summed E-state index contributed by atoms with van der Waals surface area (Å²) in [6.07, 6.45) is -0.649. The van der Waals surface area contributed by atoms with Crippen molar-refractivity contribution in [3.8, 4) is 28.6 Å². The van der Waals surface area contributed by atoms with Gasteiger partial charge in [-0.05, 0) is 125 Å². The zero-order chi connectivity index (χ0) is 43.0. The molecule has 0 saturated carbocycles. The molecule has 0 aliphatic rings. The zero-order valence-corrected chi connectivity index (χ0v) is 37.6. The average molecular weight is 962 g/mol. The molecular formula is C40H48IN7O9S2. The van der Waals surface area contributed by atoms with Crippen molar-refractivity contribution >= 4 is 48.7 Å². The van der Waals surface area contributed by atoms with Crippen LogP contribution in [-0.2, 0) is 44.4 Å². The van der Waals surface area contributed by atoms with E-state index in [1.54, 1.807) is 95.5 Å². The number of benzene rings is 4. The summed E-state index contributed by atoms with van der Waals surface area (Å²) in [6.45, 7) is 6.72. The van der Waals surface area contributed by atoms with E-state index >= 15 is 8.42 Å². The third-order valence-corrected chi connectivity index (χ3v) is 13.2. The number of carbonyl (C=O) groups excluding carboxylic acids is 1. The fourth-order valence-electron chi connectivity index (χ4n) is 5.81. The van der Waals surface area contributed by atoms with Crippen LogP contribution in [0.1, 0.15) is 44.4 Å². The topological polar surface area (TPSA) is 193 Å². The second-order valence-electron chi connectivity index (χ2n) is 14.6. The molecule has 4 aromatic carbocycles. The molecule has 316 valence electrons. The van der Waals surface area contributed by atoms with Crippen LogP contribution in [-0.4, -0.2) is 87.5 Å². The van der Waals surface area contributed by atoms with E-state index in [1.807, 2.05) is 34.7 Å². The first kappa shape index (κ1) is 45.3. The van der Waals surface area contributed by atoms with Crippen molar-refractivity contribution in [2.45, 2.75) is 62.7 Å². The van der Waals surface area contributed by atoms with Crippen molar-refractivity contribution in [1.82, 2.24) is 34.6 Å². The van der Waals surface area contributed by atoms with E-state index in [9.17, 15) is 13.2 Å². The maximum absolute atomic E-state index is 15.5. The highest BCUT2D eigenvalue weighted by atomic mass is 127. The quantitative estimate of drug-likeness (QED) is 0.0998. The molecule has 1 atom stereocenters. The maximum Gasteiger partial charge on any atom is 0.407 e. The van der Waals surface area contributed by atoms with Crippen molar-refractivity contribution < 1.29 is 40.6 Å². The second-order valence-corrected chi connectivity index (χ2v) is 19.3. The number of nitrogens with one attached hydrogen (secondary N) is 2. The van der Waals surface area contributed by atoms with Crippen LogP contribution < -0.4 is 24.2 Å². The molecule has 1 aromatic heterocycles. The SMILES string of the molecule is COc1ccc(CN(Cc2ccc(OC)cc2)S(=O)(=O)c2c(S(=O)(=O)NC[C@H](C)CNC(=O)OC(C)(C)C)ccc(I)c2-c2nnnn2Cc2ccc(OC)cc2)cc1. The van der Waals surface area contributed by atoms with Gasteiger partial charge in [-0.25, -0.2) is 31.0 Å². The van der Waals surface area contributed by atoms with Gasteiger partial charge in [-0.15, -0.1) is 5.10 Å². The fourth-order valence-corrected chi connectivity index (χ4v) is 10.3. The Morgan fingerprint density at radius 3 is 1.78 bits per heavy atom. The molecular weight excluding hydrogens is 914 g/mol. The fraction of sp³-hybridized carbons (Fsp3) is 0.350. The number of nitrogens with zero attached hydrogens (tertiary/aromatic N) is 5. The number of ether oxygens (including phenoxy) is 4. The highest BCUT2D eigenvalue weighted by Gasteiger charge is 2.37. The monoisotopic (exact) mass is 961 g/mol. The minimum atomic E-state index is -4.75. The van der Waals surface area contributed by atoms with Gasteiger partial charge in [0.1, 0.15) is 32.6 Å². The van der Waals surface area contributed by atoms with Gasteiger partial charge >= 0.3 is 6.09 Å². The van der Waals surface area contributed by atoms with Crippen LogP contribution in [0.25, 0.3) is 11.4 Å². The Morgan fingerprint density at radius 2 is 1.29 bits per heavy atom. The lowest BCUT2D eigenvalue weighted by Gasteiger charge is -2.26. The Kier molecular flexibility index (Phi) is 14.9. The van der Waals surface area contributed by atoms with Gasteiger partial charge in [0.2, 0.25) is 20.0 Å². The number of amides is 1. The van der Waals surface area contributed by atoms with E-state index < -0.39 is 47.4 Å². The molecule has 59 heavy (non-hydrogen) atoms. The highest BCUT2D eigenvalue weighted by molar-refractivity contribution is 14.1. The molecule has 0 aliphatic carbocycles. The standard InChI is InChI=1S/C40H48IN7O9S2/c1-27(22-42-39(49)57-40(2,3)4)23-43-58(50,51)35-21-20-34(41)36(38-44-45-46-48(38)26-30-12-18-33(56-7)19-13-30)37(35)59(52,53)47(24-28-8-14-31(54-5)15-9-28)25-29-10-16-32(55-6)17-11-29/h8-21,27,43H,22-26H2,1-7H3,(H,42,49)/t27-/m1/s1. The first-order valence-corrected chi connectivity index (χ1v) is 22.4. The molecule has 0 aliphatic heterocycles. The first-order chi connectivity index (χ1) is 27.9. The van der Waals surface area contributed by atoms with E-state index in [1.165, 1.54) is 35.3 Å². The van der Waals surface area contributed by atoms with Gasteiger partial charge in [-0.1, -0.05) is 43.3 Å². The Morgan fingerprint density at radius 1 is 0.780 bits per heavy atom. The summed E-state index contributed by atoms with van der Waals surface area (Å²) < 4.78 is 86.9. The normalized spacial score (nSPS) is 12.6. The number of halogens is 1. The van der Waals surface area contributed by atoms with Gasteiger partial charge in [0.25, 0.3) is 0 Å². The van der Waals surface area contributed by atoms with Crippen molar-refractivity contribution in [3.05, 3.63) is 105 Å². The number of sulfonamides is 2. The van der Waals surface area contributed by atoms with Gasteiger partial charge in [-0.2, -0.15) is 4.31 Å². The number of rotatable bonds is 18. The summed E-state index contributed by atoms with van der Waals surface area (Å²) in [4.78, 5) is 11.3. The van der Waals surface area contributed by atoms with Crippen LogP contribution in [0.15, 0.2) is 94.7 Å². The Balaban J connectivity index is 1.64. The Bertz CT molecular complexity index is 2370. The molecule has 1 amide bonds. The van der Waals surface area contributed by atoms with Crippen molar-refractivity contribution in [2.24, 2.45) is 5.92 Å². The number of tetrazole rings is 1. The van der Waals surface area contributed by atoms with Crippen LogP contribution in [0.2, 0.25) is 0 Å². The molecule has 0 saturated heterocycles. The summed E-state index contributed by atoms with van der Waals surface area (Å²) in [5.74, 6) is 1.42. The van der Waals surface area contributed by atoms with Crippen LogP contribution in [0.4, 0.5) is 4.79 Å². The Labute approximate surface area is 358 Å². The molecule has 19 heteroatoms.